The topological polar surface area (TPSA) is 64.5 Å². The zero-order chi connectivity index (χ0) is 12.1. The van der Waals surface area contributed by atoms with Crippen LogP contribution in [0, 0.1) is 0 Å². The second-order valence-electron chi connectivity index (χ2n) is 5.10. The summed E-state index contributed by atoms with van der Waals surface area (Å²) in [4.78, 5) is 0. The van der Waals surface area contributed by atoms with E-state index in [-0.39, 0.29) is 6.17 Å². The van der Waals surface area contributed by atoms with Gasteiger partial charge in [-0.1, -0.05) is 19.8 Å². The van der Waals surface area contributed by atoms with Crippen LogP contribution in [0.1, 0.15) is 53.9 Å². The van der Waals surface area contributed by atoms with Crippen LogP contribution < -0.4 is 10.6 Å². The molecule has 4 N–H and O–H groups in total. The molecule has 0 aromatic carbocycles. The number of hydrogen-bond donors (Lipinski definition) is 4. The van der Waals surface area contributed by atoms with Crippen LogP contribution in [-0.4, -0.2) is 27.8 Å². The van der Waals surface area contributed by atoms with Crippen molar-refractivity contribution in [2.45, 2.75) is 71.5 Å². The Morgan fingerprint density at radius 2 is 1.40 bits per heavy atom. The van der Waals surface area contributed by atoms with Gasteiger partial charge in [0, 0.05) is 0 Å². The molecule has 0 saturated heterocycles. The number of nitrogens with one attached hydrogen (secondary N) is 2. The van der Waals surface area contributed by atoms with Crippen LogP contribution in [0.4, 0.5) is 0 Å². The molecule has 0 bridgehead atoms. The Hall–Kier alpha value is -0.160. The molecule has 0 aliphatic heterocycles. The number of hydrogen-bond acceptors (Lipinski definition) is 4. The second-order valence-corrected chi connectivity index (χ2v) is 5.10. The molecule has 0 aliphatic rings. The molecule has 0 spiro atoms. The van der Waals surface area contributed by atoms with E-state index in [4.69, 9.17) is 0 Å². The Kier molecular flexibility index (Phi) is 5.73. The molecule has 0 saturated carbocycles. The molecule has 0 unspecified atom stereocenters. The molecule has 4 heteroatoms. The zero-order valence-corrected chi connectivity index (χ0v) is 10.6. The number of unbranched alkanes of at least 4 members (excludes halogenated alkanes) is 1. The molecular weight excluding hydrogens is 192 g/mol. The summed E-state index contributed by atoms with van der Waals surface area (Å²) in [7, 11) is 0. The van der Waals surface area contributed by atoms with E-state index in [0.717, 1.165) is 19.3 Å². The minimum absolute atomic E-state index is 0.0788. The van der Waals surface area contributed by atoms with Crippen molar-refractivity contribution in [3.05, 3.63) is 0 Å². The van der Waals surface area contributed by atoms with Gasteiger partial charge < -0.3 is 10.2 Å². The first kappa shape index (κ1) is 14.8. The van der Waals surface area contributed by atoms with Crippen LogP contribution in [-0.2, 0) is 0 Å². The average Bonchev–Trinajstić information content (AvgIpc) is 1.94. The molecule has 0 atom stereocenters. The maximum atomic E-state index is 9.65. The standard InChI is InChI=1S/C11H26N2O2/c1-6-7-8-9(12-10(2,3)14)13-11(4,5)15/h9,12-15H,6-8H2,1-5H3. The van der Waals surface area contributed by atoms with Crippen molar-refractivity contribution < 1.29 is 10.2 Å². The van der Waals surface area contributed by atoms with Crippen molar-refractivity contribution >= 4 is 0 Å². The van der Waals surface area contributed by atoms with Crippen LogP contribution in [0.15, 0.2) is 0 Å². The first-order valence-corrected chi connectivity index (χ1v) is 5.64. The van der Waals surface area contributed by atoms with Crippen LogP contribution in [0.25, 0.3) is 0 Å². The van der Waals surface area contributed by atoms with Gasteiger partial charge in [0.15, 0.2) is 0 Å². The summed E-state index contributed by atoms with van der Waals surface area (Å²) >= 11 is 0. The fraction of sp³-hybridized carbons (Fsp3) is 1.00. The smallest absolute Gasteiger partial charge is 0.111 e. The summed E-state index contributed by atoms with van der Waals surface area (Å²) in [5.41, 5.74) is -1.87. The summed E-state index contributed by atoms with van der Waals surface area (Å²) in [6, 6.07) is 0. The highest BCUT2D eigenvalue weighted by atomic mass is 16.3. The van der Waals surface area contributed by atoms with Gasteiger partial charge in [0.2, 0.25) is 0 Å². The van der Waals surface area contributed by atoms with Crippen molar-refractivity contribution in [1.82, 2.24) is 10.6 Å². The van der Waals surface area contributed by atoms with Gasteiger partial charge in [-0.15, -0.1) is 0 Å². The van der Waals surface area contributed by atoms with Crippen LogP contribution in [0.5, 0.6) is 0 Å². The maximum Gasteiger partial charge on any atom is 0.111 e. The third kappa shape index (κ3) is 10.1. The highest BCUT2D eigenvalue weighted by Crippen LogP contribution is 2.07. The lowest BCUT2D eigenvalue weighted by Crippen LogP contribution is -2.58. The summed E-state index contributed by atoms with van der Waals surface area (Å²) < 4.78 is 0. The molecular formula is C11H26N2O2. The van der Waals surface area contributed by atoms with E-state index < -0.39 is 11.4 Å². The van der Waals surface area contributed by atoms with Crippen LogP contribution in [0.3, 0.4) is 0 Å². The largest absolute Gasteiger partial charge is 0.376 e. The van der Waals surface area contributed by atoms with Gasteiger partial charge >= 0.3 is 0 Å². The lowest BCUT2D eigenvalue weighted by molar-refractivity contribution is -0.0155. The molecule has 0 aromatic heterocycles. The predicted octanol–water partition coefficient (Wildman–Crippen LogP) is 1.14. The summed E-state index contributed by atoms with van der Waals surface area (Å²) in [5.74, 6) is 0. The maximum absolute atomic E-state index is 9.65. The molecule has 0 rings (SSSR count). The minimum Gasteiger partial charge on any atom is -0.376 e. The van der Waals surface area contributed by atoms with E-state index >= 15 is 0 Å². The fourth-order valence-electron chi connectivity index (χ4n) is 1.44. The van der Waals surface area contributed by atoms with E-state index in [9.17, 15) is 10.2 Å². The Balaban J connectivity index is 4.19. The Morgan fingerprint density at radius 3 is 1.67 bits per heavy atom. The van der Waals surface area contributed by atoms with Crippen LogP contribution in [0.2, 0.25) is 0 Å². The normalized spacial score (nSPS) is 13.6. The fourth-order valence-corrected chi connectivity index (χ4v) is 1.44. The lowest BCUT2D eigenvalue weighted by atomic mass is 10.1. The van der Waals surface area contributed by atoms with E-state index in [1.54, 1.807) is 27.7 Å². The van der Waals surface area contributed by atoms with Crippen molar-refractivity contribution in [1.29, 1.82) is 0 Å². The van der Waals surface area contributed by atoms with E-state index in [0.29, 0.717) is 0 Å². The van der Waals surface area contributed by atoms with Gasteiger partial charge in [-0.2, -0.15) is 0 Å². The monoisotopic (exact) mass is 218 g/mol. The molecule has 0 heterocycles. The van der Waals surface area contributed by atoms with Gasteiger partial charge in [-0.3, -0.25) is 10.6 Å². The highest BCUT2D eigenvalue weighted by molar-refractivity contribution is 4.75. The zero-order valence-electron chi connectivity index (χ0n) is 10.6. The van der Waals surface area contributed by atoms with E-state index in [1.807, 2.05) is 0 Å². The quantitative estimate of drug-likeness (QED) is 0.484. The third-order valence-corrected chi connectivity index (χ3v) is 1.90. The Bertz CT molecular complexity index is 154. The molecule has 0 radical (unpaired) electrons. The molecule has 0 aromatic rings. The number of aliphatic hydroxyl groups is 2. The summed E-state index contributed by atoms with van der Waals surface area (Å²) in [5, 5.41) is 25.4. The van der Waals surface area contributed by atoms with Gasteiger partial charge in [-0.05, 0) is 34.1 Å². The molecule has 0 aliphatic carbocycles. The van der Waals surface area contributed by atoms with Crippen LogP contribution >= 0.6 is 0 Å². The van der Waals surface area contributed by atoms with Crippen molar-refractivity contribution in [2.75, 3.05) is 0 Å². The summed E-state index contributed by atoms with van der Waals surface area (Å²) in [6.07, 6.45) is 2.95. The molecule has 0 amide bonds. The van der Waals surface area contributed by atoms with Gasteiger partial charge in [0.05, 0.1) is 6.17 Å². The average molecular weight is 218 g/mol. The van der Waals surface area contributed by atoms with E-state index in [1.165, 1.54) is 0 Å². The van der Waals surface area contributed by atoms with Gasteiger partial charge in [0.1, 0.15) is 11.4 Å². The predicted molar refractivity (Wildman–Crippen MR) is 62.2 cm³/mol. The van der Waals surface area contributed by atoms with Crippen molar-refractivity contribution in [2.24, 2.45) is 0 Å². The SMILES string of the molecule is CCCCC(NC(C)(C)O)NC(C)(C)O. The van der Waals surface area contributed by atoms with Crippen molar-refractivity contribution in [3.63, 3.8) is 0 Å². The van der Waals surface area contributed by atoms with E-state index in [2.05, 4.69) is 17.6 Å². The molecule has 92 valence electrons. The second kappa shape index (κ2) is 5.80. The third-order valence-electron chi connectivity index (χ3n) is 1.90. The number of rotatable bonds is 7. The summed E-state index contributed by atoms with van der Waals surface area (Å²) in [6.45, 7) is 8.89. The first-order chi connectivity index (χ1) is 6.64. The first-order valence-electron chi connectivity index (χ1n) is 5.64. The molecule has 4 nitrogen and oxygen atoms in total. The van der Waals surface area contributed by atoms with Crippen molar-refractivity contribution in [3.8, 4) is 0 Å². The highest BCUT2D eigenvalue weighted by Gasteiger charge is 2.23. The Labute approximate surface area is 93.1 Å². The molecule has 15 heavy (non-hydrogen) atoms. The lowest BCUT2D eigenvalue weighted by Gasteiger charge is -2.32. The molecule has 0 fully saturated rings. The Morgan fingerprint density at radius 1 is 1.00 bits per heavy atom. The van der Waals surface area contributed by atoms with Gasteiger partial charge in [-0.25, -0.2) is 0 Å². The van der Waals surface area contributed by atoms with Gasteiger partial charge in [0.25, 0.3) is 0 Å². The minimum atomic E-state index is -0.934.